The molecule has 0 aliphatic carbocycles. The first-order valence-corrected chi connectivity index (χ1v) is 6.05. The zero-order valence-electron chi connectivity index (χ0n) is 9.89. The second kappa shape index (κ2) is 4.17. The maximum absolute atomic E-state index is 11.7. The Balaban J connectivity index is 2.03. The van der Waals surface area contributed by atoms with Gasteiger partial charge in [0.2, 0.25) is 0 Å². The Morgan fingerprint density at radius 1 is 1.50 bits per heavy atom. The molecule has 0 fully saturated rings. The molecule has 0 amide bonds. The molecule has 2 aromatic rings. The van der Waals surface area contributed by atoms with E-state index < -0.39 is 0 Å². The van der Waals surface area contributed by atoms with Crippen LogP contribution in [0.15, 0.2) is 23.3 Å². The third-order valence-electron chi connectivity index (χ3n) is 3.03. The van der Waals surface area contributed by atoms with Crippen molar-refractivity contribution in [3.05, 3.63) is 45.1 Å². The first kappa shape index (κ1) is 11.3. The average Bonchev–Trinajstić information content (AvgIpc) is 2.90. The van der Waals surface area contributed by atoms with E-state index in [-0.39, 0.29) is 5.69 Å². The van der Waals surface area contributed by atoms with E-state index in [0.717, 1.165) is 23.3 Å². The van der Waals surface area contributed by atoms with Crippen LogP contribution in [0.25, 0.3) is 0 Å². The molecule has 94 valence electrons. The molecule has 0 saturated carbocycles. The van der Waals surface area contributed by atoms with Crippen molar-refractivity contribution >= 4 is 11.6 Å². The van der Waals surface area contributed by atoms with Crippen LogP contribution in [0.1, 0.15) is 11.1 Å². The van der Waals surface area contributed by atoms with Crippen LogP contribution in [0.5, 0.6) is 5.75 Å². The van der Waals surface area contributed by atoms with Gasteiger partial charge in [-0.1, -0.05) is 11.6 Å². The number of nitrogens with zero attached hydrogens (tertiary/aromatic N) is 3. The van der Waals surface area contributed by atoms with Crippen molar-refractivity contribution in [3.63, 3.8) is 0 Å². The number of hydrogen-bond acceptors (Lipinski definition) is 3. The predicted octanol–water partition coefficient (Wildman–Crippen LogP) is 1.22. The lowest BCUT2D eigenvalue weighted by molar-refractivity contribution is 0.352. The molecular formula is C12H12ClN3O2. The van der Waals surface area contributed by atoms with Crippen LogP contribution in [0.4, 0.5) is 0 Å². The van der Waals surface area contributed by atoms with E-state index >= 15 is 0 Å². The molecule has 0 atom stereocenters. The van der Waals surface area contributed by atoms with Crippen LogP contribution >= 0.6 is 11.6 Å². The Morgan fingerprint density at radius 3 is 3.06 bits per heavy atom. The summed E-state index contributed by atoms with van der Waals surface area (Å²) in [7, 11) is 1.67. The number of ether oxygens (including phenoxy) is 1. The summed E-state index contributed by atoms with van der Waals surface area (Å²) >= 11 is 6.07. The smallest absolute Gasteiger partial charge is 0.345 e. The third-order valence-corrected chi connectivity index (χ3v) is 3.25. The van der Waals surface area contributed by atoms with E-state index in [1.165, 1.54) is 15.6 Å². The maximum Gasteiger partial charge on any atom is 0.345 e. The standard InChI is InChI=1S/C12H12ClN3O2/c1-15-7-14-16(12(15)17)6-9-5-10(13)4-8-2-3-18-11(8)9/h4-5,7H,2-3,6H2,1H3. The fourth-order valence-electron chi connectivity index (χ4n) is 2.15. The molecule has 0 radical (unpaired) electrons. The summed E-state index contributed by atoms with van der Waals surface area (Å²) in [4.78, 5) is 11.7. The van der Waals surface area contributed by atoms with Crippen LogP contribution in [0.2, 0.25) is 5.02 Å². The summed E-state index contributed by atoms with van der Waals surface area (Å²) in [5.41, 5.74) is 1.85. The third kappa shape index (κ3) is 1.80. The van der Waals surface area contributed by atoms with Gasteiger partial charge in [0, 0.05) is 24.1 Å². The van der Waals surface area contributed by atoms with Gasteiger partial charge in [0.15, 0.2) is 0 Å². The van der Waals surface area contributed by atoms with Crippen LogP contribution in [0, 0.1) is 0 Å². The summed E-state index contributed by atoms with van der Waals surface area (Å²) in [6.07, 6.45) is 2.36. The molecule has 5 nitrogen and oxygen atoms in total. The Bertz CT molecular complexity index is 660. The number of aromatic nitrogens is 3. The molecule has 6 heteroatoms. The summed E-state index contributed by atoms with van der Waals surface area (Å²) in [6.45, 7) is 1.04. The van der Waals surface area contributed by atoms with Crippen LogP contribution in [-0.4, -0.2) is 21.0 Å². The highest BCUT2D eigenvalue weighted by molar-refractivity contribution is 6.30. The molecule has 1 aromatic heterocycles. The molecule has 1 aromatic carbocycles. The van der Waals surface area contributed by atoms with Crippen molar-refractivity contribution in [1.29, 1.82) is 0 Å². The number of aryl methyl sites for hydroxylation is 1. The lowest BCUT2D eigenvalue weighted by Crippen LogP contribution is -2.23. The van der Waals surface area contributed by atoms with Crippen molar-refractivity contribution < 1.29 is 4.74 Å². The number of halogens is 1. The highest BCUT2D eigenvalue weighted by Crippen LogP contribution is 2.32. The largest absolute Gasteiger partial charge is 0.493 e. The van der Waals surface area contributed by atoms with E-state index in [1.807, 2.05) is 12.1 Å². The second-order valence-electron chi connectivity index (χ2n) is 4.33. The highest BCUT2D eigenvalue weighted by Gasteiger charge is 2.18. The molecular weight excluding hydrogens is 254 g/mol. The molecule has 0 unspecified atom stereocenters. The molecule has 3 rings (SSSR count). The monoisotopic (exact) mass is 265 g/mol. The fourth-order valence-corrected chi connectivity index (χ4v) is 2.42. The van der Waals surface area contributed by atoms with Gasteiger partial charge < -0.3 is 4.74 Å². The maximum atomic E-state index is 11.7. The van der Waals surface area contributed by atoms with E-state index in [0.29, 0.717) is 18.2 Å². The minimum atomic E-state index is -0.151. The average molecular weight is 266 g/mol. The minimum Gasteiger partial charge on any atom is -0.493 e. The van der Waals surface area contributed by atoms with Crippen molar-refractivity contribution in [2.45, 2.75) is 13.0 Å². The van der Waals surface area contributed by atoms with Crippen molar-refractivity contribution in [2.75, 3.05) is 6.61 Å². The Kier molecular flexibility index (Phi) is 2.63. The molecule has 18 heavy (non-hydrogen) atoms. The van der Waals surface area contributed by atoms with Gasteiger partial charge in [-0.2, -0.15) is 5.10 Å². The number of fused-ring (bicyclic) bond motifs is 1. The molecule has 1 aliphatic rings. The van der Waals surface area contributed by atoms with Gasteiger partial charge >= 0.3 is 5.69 Å². The summed E-state index contributed by atoms with van der Waals surface area (Å²) in [6, 6.07) is 3.74. The van der Waals surface area contributed by atoms with Crippen LogP contribution in [0.3, 0.4) is 0 Å². The lowest BCUT2D eigenvalue weighted by atomic mass is 10.1. The van der Waals surface area contributed by atoms with E-state index in [1.54, 1.807) is 7.05 Å². The van der Waals surface area contributed by atoms with E-state index in [2.05, 4.69) is 5.10 Å². The SMILES string of the molecule is Cn1cnn(Cc2cc(Cl)cc3c2OCC3)c1=O. The van der Waals surface area contributed by atoms with Crippen molar-refractivity contribution in [1.82, 2.24) is 14.3 Å². The minimum absolute atomic E-state index is 0.151. The zero-order valence-corrected chi connectivity index (χ0v) is 10.6. The normalized spacial score (nSPS) is 13.4. The molecule has 0 spiro atoms. The summed E-state index contributed by atoms with van der Waals surface area (Å²) < 4.78 is 8.43. The Labute approximate surface area is 109 Å². The zero-order chi connectivity index (χ0) is 12.7. The van der Waals surface area contributed by atoms with Gasteiger partial charge in [-0.15, -0.1) is 0 Å². The summed E-state index contributed by atoms with van der Waals surface area (Å²) in [5, 5.41) is 4.70. The Hall–Kier alpha value is -1.75. The molecule has 1 aliphatic heterocycles. The van der Waals surface area contributed by atoms with Crippen LogP contribution in [-0.2, 0) is 20.0 Å². The van der Waals surface area contributed by atoms with Crippen molar-refractivity contribution in [2.24, 2.45) is 7.05 Å². The van der Waals surface area contributed by atoms with Gasteiger partial charge in [-0.3, -0.25) is 4.57 Å². The fraction of sp³-hybridized carbons (Fsp3) is 0.333. The lowest BCUT2D eigenvalue weighted by Gasteiger charge is -2.08. The quantitative estimate of drug-likeness (QED) is 0.820. The molecule has 0 N–H and O–H groups in total. The topological polar surface area (TPSA) is 49.0 Å². The van der Waals surface area contributed by atoms with Gasteiger partial charge in [-0.05, 0) is 17.7 Å². The van der Waals surface area contributed by atoms with Gasteiger partial charge in [0.1, 0.15) is 12.1 Å². The number of rotatable bonds is 2. The van der Waals surface area contributed by atoms with Crippen LogP contribution < -0.4 is 10.4 Å². The predicted molar refractivity (Wildman–Crippen MR) is 67.2 cm³/mol. The molecule has 2 heterocycles. The van der Waals surface area contributed by atoms with Gasteiger partial charge in [0.05, 0.1) is 13.2 Å². The second-order valence-corrected chi connectivity index (χ2v) is 4.77. The first-order chi connectivity index (χ1) is 8.65. The number of benzene rings is 1. The van der Waals surface area contributed by atoms with Crippen molar-refractivity contribution in [3.8, 4) is 5.75 Å². The number of hydrogen-bond donors (Lipinski definition) is 0. The molecule has 0 saturated heterocycles. The first-order valence-electron chi connectivity index (χ1n) is 5.67. The van der Waals surface area contributed by atoms with Gasteiger partial charge in [-0.25, -0.2) is 9.48 Å². The summed E-state index contributed by atoms with van der Waals surface area (Å²) in [5.74, 6) is 0.844. The van der Waals surface area contributed by atoms with E-state index in [4.69, 9.17) is 16.3 Å². The van der Waals surface area contributed by atoms with Gasteiger partial charge in [0.25, 0.3) is 0 Å². The van der Waals surface area contributed by atoms with E-state index in [9.17, 15) is 4.79 Å². The Morgan fingerprint density at radius 2 is 2.33 bits per heavy atom. The molecule has 0 bridgehead atoms. The highest BCUT2D eigenvalue weighted by atomic mass is 35.5.